The van der Waals surface area contributed by atoms with Crippen molar-refractivity contribution < 1.29 is 4.74 Å². The van der Waals surface area contributed by atoms with E-state index in [9.17, 15) is 0 Å². The summed E-state index contributed by atoms with van der Waals surface area (Å²) in [6.07, 6.45) is 1.78. The number of pyridine rings is 1. The summed E-state index contributed by atoms with van der Waals surface area (Å²) in [5, 5.41) is 7.69. The van der Waals surface area contributed by atoms with Gasteiger partial charge in [-0.15, -0.1) is 11.3 Å². The van der Waals surface area contributed by atoms with Crippen LogP contribution in [0.1, 0.15) is 28.1 Å². The summed E-state index contributed by atoms with van der Waals surface area (Å²) in [4.78, 5) is 14.5. The van der Waals surface area contributed by atoms with E-state index in [0.717, 1.165) is 35.3 Å². The minimum Gasteiger partial charge on any atom is -0.481 e. The summed E-state index contributed by atoms with van der Waals surface area (Å²) in [5.74, 6) is 1.40. The van der Waals surface area contributed by atoms with Gasteiger partial charge in [0.25, 0.3) is 0 Å². The molecule has 0 unspecified atom stereocenters. The highest BCUT2D eigenvalue weighted by Gasteiger charge is 2.06. The molecule has 0 aliphatic rings. The molecule has 7 heteroatoms. The molecule has 2 aromatic heterocycles. The molecule has 0 aliphatic heterocycles. The van der Waals surface area contributed by atoms with Crippen LogP contribution in [0.2, 0.25) is 0 Å². The number of nitrogens with one attached hydrogen (secondary N) is 2. The van der Waals surface area contributed by atoms with Crippen molar-refractivity contribution in [2.45, 2.75) is 33.9 Å². The van der Waals surface area contributed by atoms with Gasteiger partial charge in [-0.3, -0.25) is 0 Å². The molecular formula is C16H23N5OS. The van der Waals surface area contributed by atoms with Crippen LogP contribution in [-0.4, -0.2) is 29.6 Å². The fraction of sp³-hybridized carbons (Fsp3) is 0.438. The van der Waals surface area contributed by atoms with Gasteiger partial charge < -0.3 is 15.4 Å². The lowest BCUT2D eigenvalue weighted by Crippen LogP contribution is -2.36. The third-order valence-electron chi connectivity index (χ3n) is 3.19. The smallest absolute Gasteiger partial charge is 0.212 e. The van der Waals surface area contributed by atoms with Crippen molar-refractivity contribution in [3.05, 3.63) is 39.5 Å². The molecule has 0 atom stereocenters. The van der Waals surface area contributed by atoms with E-state index in [1.807, 2.05) is 32.9 Å². The van der Waals surface area contributed by atoms with Gasteiger partial charge in [-0.05, 0) is 26.3 Å². The zero-order valence-electron chi connectivity index (χ0n) is 14.0. The summed E-state index contributed by atoms with van der Waals surface area (Å²) in [6.45, 7) is 8.21. The first-order valence-electron chi connectivity index (χ1n) is 7.56. The van der Waals surface area contributed by atoms with E-state index in [-0.39, 0.29) is 0 Å². The Morgan fingerprint density at radius 3 is 2.70 bits per heavy atom. The fourth-order valence-electron chi connectivity index (χ4n) is 2.04. The second-order valence-corrected chi connectivity index (χ2v) is 6.29. The van der Waals surface area contributed by atoms with Crippen molar-refractivity contribution in [3.63, 3.8) is 0 Å². The second-order valence-electron chi connectivity index (χ2n) is 5.00. The number of methoxy groups -OCH3 is 1. The highest BCUT2D eigenvalue weighted by atomic mass is 32.1. The van der Waals surface area contributed by atoms with Crippen LogP contribution in [0.5, 0.6) is 5.88 Å². The Kier molecular flexibility index (Phi) is 6.34. The lowest BCUT2D eigenvalue weighted by atomic mass is 10.3. The minimum atomic E-state index is 0.563. The van der Waals surface area contributed by atoms with Crippen LogP contribution in [-0.2, 0) is 13.1 Å². The van der Waals surface area contributed by atoms with Gasteiger partial charge in [0.05, 0.1) is 30.9 Å². The van der Waals surface area contributed by atoms with Gasteiger partial charge in [0, 0.05) is 23.7 Å². The number of rotatable bonds is 6. The quantitative estimate of drug-likeness (QED) is 0.627. The number of aliphatic imine (C=N–C) groups is 1. The van der Waals surface area contributed by atoms with Gasteiger partial charge in [0.2, 0.25) is 5.88 Å². The molecule has 0 spiro atoms. The lowest BCUT2D eigenvalue weighted by molar-refractivity contribution is 0.397. The number of hydrogen-bond acceptors (Lipinski definition) is 5. The summed E-state index contributed by atoms with van der Waals surface area (Å²) in [5.41, 5.74) is 2.11. The molecule has 0 aliphatic carbocycles. The topological polar surface area (TPSA) is 71.4 Å². The molecule has 0 bridgehead atoms. The predicted octanol–water partition coefficient (Wildman–Crippen LogP) is 2.42. The van der Waals surface area contributed by atoms with Crippen molar-refractivity contribution in [2.75, 3.05) is 13.7 Å². The first-order valence-corrected chi connectivity index (χ1v) is 8.38. The molecule has 0 aromatic carbocycles. The van der Waals surface area contributed by atoms with E-state index in [2.05, 4.69) is 25.6 Å². The van der Waals surface area contributed by atoms with E-state index < -0.39 is 0 Å². The number of aromatic nitrogens is 2. The van der Waals surface area contributed by atoms with Crippen LogP contribution < -0.4 is 15.4 Å². The number of ether oxygens (including phenoxy) is 1. The van der Waals surface area contributed by atoms with Gasteiger partial charge in [0.1, 0.15) is 0 Å². The molecule has 0 fully saturated rings. The van der Waals surface area contributed by atoms with Crippen molar-refractivity contribution in [1.82, 2.24) is 20.6 Å². The maximum absolute atomic E-state index is 5.06. The van der Waals surface area contributed by atoms with Crippen molar-refractivity contribution >= 4 is 17.3 Å². The third kappa shape index (κ3) is 5.21. The number of hydrogen-bond donors (Lipinski definition) is 2. The highest BCUT2D eigenvalue weighted by molar-refractivity contribution is 7.11. The molecule has 2 N–H and O–H groups in total. The standard InChI is InChI=1S/C16H23N5OS/c1-5-17-16(20-10-14-11(2)21-12(3)23-14)19-9-13-6-7-15(22-4)18-8-13/h6-8H,5,9-10H2,1-4H3,(H2,17,19,20). The van der Waals surface area contributed by atoms with Crippen molar-refractivity contribution in [1.29, 1.82) is 0 Å². The molecular weight excluding hydrogens is 310 g/mol. The van der Waals surface area contributed by atoms with Crippen LogP contribution in [0.15, 0.2) is 23.3 Å². The molecule has 0 saturated carbocycles. The molecule has 6 nitrogen and oxygen atoms in total. The number of thiazole rings is 1. The normalized spacial score (nSPS) is 11.4. The Labute approximate surface area is 141 Å². The summed E-state index contributed by atoms with van der Waals surface area (Å²) in [7, 11) is 1.61. The van der Waals surface area contributed by atoms with Gasteiger partial charge in [-0.25, -0.2) is 15.0 Å². The Morgan fingerprint density at radius 1 is 1.30 bits per heavy atom. The summed E-state index contributed by atoms with van der Waals surface area (Å²) >= 11 is 1.71. The Bertz CT molecular complexity index is 651. The maximum atomic E-state index is 5.06. The highest BCUT2D eigenvalue weighted by Crippen LogP contribution is 2.16. The maximum Gasteiger partial charge on any atom is 0.212 e. The van der Waals surface area contributed by atoms with Crippen molar-refractivity contribution in [2.24, 2.45) is 4.99 Å². The number of aryl methyl sites for hydroxylation is 2. The van der Waals surface area contributed by atoms with Gasteiger partial charge >= 0.3 is 0 Å². The first-order chi connectivity index (χ1) is 11.1. The molecule has 0 saturated heterocycles. The molecule has 2 aromatic rings. The minimum absolute atomic E-state index is 0.563. The van der Waals surface area contributed by atoms with Crippen LogP contribution >= 0.6 is 11.3 Å². The van der Waals surface area contributed by atoms with E-state index in [0.29, 0.717) is 12.4 Å². The van der Waals surface area contributed by atoms with E-state index in [1.54, 1.807) is 24.6 Å². The van der Waals surface area contributed by atoms with Crippen LogP contribution in [0.3, 0.4) is 0 Å². The summed E-state index contributed by atoms with van der Waals surface area (Å²) < 4.78 is 5.06. The molecule has 0 amide bonds. The van der Waals surface area contributed by atoms with Crippen LogP contribution in [0.4, 0.5) is 0 Å². The van der Waals surface area contributed by atoms with Crippen LogP contribution in [0, 0.1) is 13.8 Å². The van der Waals surface area contributed by atoms with Crippen LogP contribution in [0.25, 0.3) is 0 Å². The zero-order valence-corrected chi connectivity index (χ0v) is 14.8. The molecule has 124 valence electrons. The Hall–Kier alpha value is -2.15. The SMILES string of the molecule is CCNC(=NCc1ccc(OC)nc1)NCc1sc(C)nc1C. The van der Waals surface area contributed by atoms with E-state index in [4.69, 9.17) is 4.74 Å². The molecule has 23 heavy (non-hydrogen) atoms. The van der Waals surface area contributed by atoms with E-state index in [1.165, 1.54) is 4.88 Å². The Balaban J connectivity index is 1.97. The monoisotopic (exact) mass is 333 g/mol. The summed E-state index contributed by atoms with van der Waals surface area (Å²) in [6, 6.07) is 3.81. The second kappa shape index (κ2) is 8.47. The zero-order chi connectivity index (χ0) is 16.7. The van der Waals surface area contributed by atoms with Gasteiger partial charge in [-0.1, -0.05) is 6.07 Å². The largest absolute Gasteiger partial charge is 0.481 e. The van der Waals surface area contributed by atoms with E-state index >= 15 is 0 Å². The third-order valence-corrected chi connectivity index (χ3v) is 4.26. The average molecular weight is 333 g/mol. The molecule has 2 rings (SSSR count). The Morgan fingerprint density at radius 2 is 2.13 bits per heavy atom. The lowest BCUT2D eigenvalue weighted by Gasteiger charge is -2.10. The number of guanidine groups is 1. The van der Waals surface area contributed by atoms with Gasteiger partial charge in [0.15, 0.2) is 5.96 Å². The molecule has 0 radical (unpaired) electrons. The van der Waals surface area contributed by atoms with Gasteiger partial charge in [-0.2, -0.15) is 0 Å². The fourth-order valence-corrected chi connectivity index (χ4v) is 2.92. The first kappa shape index (κ1) is 17.2. The average Bonchev–Trinajstić information content (AvgIpc) is 2.88. The molecule has 2 heterocycles. The predicted molar refractivity (Wildman–Crippen MR) is 94.0 cm³/mol. The number of nitrogens with zero attached hydrogens (tertiary/aromatic N) is 3. The van der Waals surface area contributed by atoms with Crippen molar-refractivity contribution in [3.8, 4) is 5.88 Å².